The second-order valence-corrected chi connectivity index (χ2v) is 4.19. The van der Waals surface area contributed by atoms with E-state index in [0.29, 0.717) is 11.0 Å². The Labute approximate surface area is 65.9 Å². The molecule has 0 aromatic rings. The zero-order chi connectivity index (χ0) is 7.56. The topological polar surface area (TPSA) is 17.1 Å². The molecule has 10 heavy (non-hydrogen) atoms. The molecule has 0 aromatic carbocycles. The quantitative estimate of drug-likeness (QED) is 0.540. The Hall–Kier alpha value is -0.240. The summed E-state index contributed by atoms with van der Waals surface area (Å²) in [5.41, 5.74) is 0. The molecule has 2 atom stereocenters. The minimum Gasteiger partial charge on any atom is -0.299 e. The van der Waals surface area contributed by atoms with Crippen LogP contribution in [0.4, 0.5) is 0 Å². The van der Waals surface area contributed by atoms with Crippen LogP contribution in [0.2, 0.25) is 0 Å². The van der Waals surface area contributed by atoms with Crippen LogP contribution in [0.1, 0.15) is 20.3 Å². The first-order chi connectivity index (χ1) is 4.70. The van der Waals surface area contributed by atoms with E-state index in [1.807, 2.05) is 0 Å². The standard InChI is InChI=1S/C8H12OS/c1-6-4-3-5-8(10-6)7(2)9/h3-4,6,8H,5H2,1-2H3. The van der Waals surface area contributed by atoms with E-state index >= 15 is 0 Å². The summed E-state index contributed by atoms with van der Waals surface area (Å²) < 4.78 is 0. The molecule has 1 aliphatic rings. The minimum atomic E-state index is 0.222. The van der Waals surface area contributed by atoms with Crippen LogP contribution < -0.4 is 0 Å². The lowest BCUT2D eigenvalue weighted by molar-refractivity contribution is -0.116. The first kappa shape index (κ1) is 7.86. The van der Waals surface area contributed by atoms with Crippen molar-refractivity contribution in [1.29, 1.82) is 0 Å². The van der Waals surface area contributed by atoms with Crippen molar-refractivity contribution in [2.45, 2.75) is 30.8 Å². The zero-order valence-electron chi connectivity index (χ0n) is 6.33. The van der Waals surface area contributed by atoms with E-state index in [1.54, 1.807) is 18.7 Å². The number of Topliss-reactive ketones (excluding diaryl/α,β-unsaturated/α-hetero) is 1. The summed E-state index contributed by atoms with van der Waals surface area (Å²) in [6.07, 6.45) is 5.18. The number of ketones is 1. The summed E-state index contributed by atoms with van der Waals surface area (Å²) in [5, 5.41) is 0.739. The van der Waals surface area contributed by atoms with Crippen molar-refractivity contribution >= 4 is 17.5 Å². The van der Waals surface area contributed by atoms with E-state index in [0.717, 1.165) is 6.42 Å². The minimum absolute atomic E-state index is 0.222. The molecule has 1 aliphatic heterocycles. The molecule has 1 rings (SSSR count). The number of carbonyl (C=O) groups is 1. The summed E-state index contributed by atoms with van der Waals surface area (Å²) in [6, 6.07) is 0. The first-order valence-electron chi connectivity index (χ1n) is 3.52. The van der Waals surface area contributed by atoms with Crippen molar-refractivity contribution in [3.8, 4) is 0 Å². The van der Waals surface area contributed by atoms with Gasteiger partial charge in [-0.05, 0) is 20.3 Å². The van der Waals surface area contributed by atoms with Crippen LogP contribution in [0.15, 0.2) is 12.2 Å². The third kappa shape index (κ3) is 1.87. The molecule has 0 aromatic heterocycles. The molecule has 0 N–H and O–H groups in total. The van der Waals surface area contributed by atoms with Gasteiger partial charge < -0.3 is 0 Å². The predicted octanol–water partition coefficient (Wildman–Crippen LogP) is 2.03. The van der Waals surface area contributed by atoms with Gasteiger partial charge in [0.05, 0.1) is 5.25 Å². The predicted molar refractivity (Wildman–Crippen MR) is 45.3 cm³/mol. The summed E-state index contributed by atoms with van der Waals surface area (Å²) in [4.78, 5) is 10.9. The van der Waals surface area contributed by atoms with E-state index in [1.165, 1.54) is 0 Å². The van der Waals surface area contributed by atoms with Gasteiger partial charge in [-0.15, -0.1) is 11.8 Å². The fourth-order valence-electron chi connectivity index (χ4n) is 1.02. The van der Waals surface area contributed by atoms with Crippen molar-refractivity contribution in [1.82, 2.24) is 0 Å². The highest BCUT2D eigenvalue weighted by atomic mass is 32.2. The summed E-state index contributed by atoms with van der Waals surface area (Å²) in [7, 11) is 0. The van der Waals surface area contributed by atoms with Crippen molar-refractivity contribution in [3.05, 3.63) is 12.2 Å². The van der Waals surface area contributed by atoms with Gasteiger partial charge in [0, 0.05) is 5.25 Å². The maximum atomic E-state index is 10.9. The van der Waals surface area contributed by atoms with Crippen LogP contribution in [-0.4, -0.2) is 16.3 Å². The molecule has 56 valence electrons. The lowest BCUT2D eigenvalue weighted by Gasteiger charge is -2.18. The highest BCUT2D eigenvalue weighted by Gasteiger charge is 2.18. The smallest absolute Gasteiger partial charge is 0.143 e. The number of hydrogen-bond donors (Lipinski definition) is 0. The second kappa shape index (κ2) is 3.24. The third-order valence-corrected chi connectivity index (χ3v) is 3.03. The van der Waals surface area contributed by atoms with Crippen LogP contribution in [0.3, 0.4) is 0 Å². The third-order valence-electron chi connectivity index (χ3n) is 1.59. The SMILES string of the molecule is CC(=O)C1CC=CC(C)S1. The van der Waals surface area contributed by atoms with Gasteiger partial charge in [0.25, 0.3) is 0 Å². The van der Waals surface area contributed by atoms with Crippen LogP contribution in [0, 0.1) is 0 Å². The maximum Gasteiger partial charge on any atom is 0.143 e. The molecule has 2 unspecified atom stereocenters. The summed E-state index contributed by atoms with van der Waals surface area (Å²) >= 11 is 1.76. The number of hydrogen-bond acceptors (Lipinski definition) is 2. The molecular formula is C8H12OS. The van der Waals surface area contributed by atoms with Crippen molar-refractivity contribution < 1.29 is 4.79 Å². The molecule has 0 radical (unpaired) electrons. The van der Waals surface area contributed by atoms with Gasteiger partial charge in [-0.1, -0.05) is 12.2 Å². The molecular weight excluding hydrogens is 144 g/mol. The molecule has 1 heterocycles. The Morgan fingerprint density at radius 3 is 2.80 bits per heavy atom. The number of allylic oxidation sites excluding steroid dienone is 1. The molecule has 2 heteroatoms. The lowest BCUT2D eigenvalue weighted by Crippen LogP contribution is -2.18. The first-order valence-corrected chi connectivity index (χ1v) is 4.47. The summed E-state index contributed by atoms with van der Waals surface area (Å²) in [5.74, 6) is 0.307. The van der Waals surface area contributed by atoms with Gasteiger partial charge in [0.2, 0.25) is 0 Å². The Kier molecular flexibility index (Phi) is 2.55. The normalized spacial score (nSPS) is 32.2. The highest BCUT2D eigenvalue weighted by Crippen LogP contribution is 2.26. The number of rotatable bonds is 1. The van der Waals surface area contributed by atoms with Crippen LogP contribution >= 0.6 is 11.8 Å². The van der Waals surface area contributed by atoms with Gasteiger partial charge in [-0.25, -0.2) is 0 Å². The van der Waals surface area contributed by atoms with Gasteiger partial charge in [-0.3, -0.25) is 4.79 Å². The molecule has 0 fully saturated rings. The van der Waals surface area contributed by atoms with E-state index in [-0.39, 0.29) is 5.25 Å². The largest absolute Gasteiger partial charge is 0.299 e. The van der Waals surface area contributed by atoms with Crippen molar-refractivity contribution in [3.63, 3.8) is 0 Å². The maximum absolute atomic E-state index is 10.9. The van der Waals surface area contributed by atoms with Crippen LogP contribution in [-0.2, 0) is 4.79 Å². The van der Waals surface area contributed by atoms with Gasteiger partial charge in [0.15, 0.2) is 0 Å². The average Bonchev–Trinajstić information content (AvgIpc) is 1.88. The highest BCUT2D eigenvalue weighted by molar-refractivity contribution is 8.01. The fraction of sp³-hybridized carbons (Fsp3) is 0.625. The molecule has 1 nitrogen and oxygen atoms in total. The van der Waals surface area contributed by atoms with Gasteiger partial charge in [-0.2, -0.15) is 0 Å². The number of thioether (sulfide) groups is 1. The van der Waals surface area contributed by atoms with Gasteiger partial charge in [0.1, 0.15) is 5.78 Å². The Morgan fingerprint density at radius 2 is 2.40 bits per heavy atom. The number of carbonyl (C=O) groups excluding carboxylic acids is 1. The second-order valence-electron chi connectivity index (χ2n) is 2.60. The molecule has 0 saturated heterocycles. The van der Waals surface area contributed by atoms with Crippen LogP contribution in [0.25, 0.3) is 0 Å². The monoisotopic (exact) mass is 156 g/mol. The Balaban J connectivity index is 2.52. The molecule has 0 aliphatic carbocycles. The lowest BCUT2D eigenvalue weighted by atomic mass is 10.2. The summed E-state index contributed by atoms with van der Waals surface area (Å²) in [6.45, 7) is 3.79. The van der Waals surface area contributed by atoms with Crippen molar-refractivity contribution in [2.75, 3.05) is 0 Å². The molecule has 0 amide bonds. The molecule has 0 spiro atoms. The average molecular weight is 156 g/mol. The van der Waals surface area contributed by atoms with Crippen molar-refractivity contribution in [2.24, 2.45) is 0 Å². The molecule has 0 saturated carbocycles. The van der Waals surface area contributed by atoms with Crippen LogP contribution in [0.5, 0.6) is 0 Å². The van der Waals surface area contributed by atoms with E-state index in [2.05, 4.69) is 19.1 Å². The van der Waals surface area contributed by atoms with E-state index < -0.39 is 0 Å². The Bertz CT molecular complexity index is 163. The van der Waals surface area contributed by atoms with Gasteiger partial charge >= 0.3 is 0 Å². The van der Waals surface area contributed by atoms with E-state index in [9.17, 15) is 4.79 Å². The Morgan fingerprint density at radius 1 is 1.70 bits per heavy atom. The fourth-order valence-corrected chi connectivity index (χ4v) is 2.15. The zero-order valence-corrected chi connectivity index (χ0v) is 7.15. The van der Waals surface area contributed by atoms with E-state index in [4.69, 9.17) is 0 Å². The molecule has 0 bridgehead atoms.